The molecule has 0 radical (unpaired) electrons. The minimum atomic E-state index is -0.576. The molecule has 6 nitrogen and oxygen atoms in total. The Labute approximate surface area is 162 Å². The number of benzene rings is 1. The first-order chi connectivity index (χ1) is 12.4. The number of halogens is 3. The number of ether oxygens (including phenoxy) is 1. The molecule has 1 aromatic heterocycles. The van der Waals surface area contributed by atoms with Gasteiger partial charge in [-0.1, -0.05) is 11.6 Å². The third-order valence-electron chi connectivity index (χ3n) is 4.69. The molecule has 2 aromatic rings. The quantitative estimate of drug-likeness (QED) is 0.719. The Morgan fingerprint density at radius 1 is 1.31 bits per heavy atom. The van der Waals surface area contributed by atoms with Crippen LogP contribution in [0.25, 0.3) is 0 Å². The van der Waals surface area contributed by atoms with Gasteiger partial charge in [0.25, 0.3) is 5.91 Å². The minimum absolute atomic E-state index is 0.0172. The molecule has 2 bridgehead atoms. The van der Waals surface area contributed by atoms with Crippen molar-refractivity contribution >= 4 is 39.3 Å². The molecular formula is C17H15BrClFN4O2. The Morgan fingerprint density at radius 3 is 2.77 bits per heavy atom. The molecule has 0 saturated heterocycles. The van der Waals surface area contributed by atoms with Crippen LogP contribution in [0.2, 0.25) is 5.02 Å². The summed E-state index contributed by atoms with van der Waals surface area (Å²) in [4.78, 5) is 20.5. The van der Waals surface area contributed by atoms with Crippen LogP contribution in [-0.4, -0.2) is 33.6 Å². The van der Waals surface area contributed by atoms with Crippen LogP contribution in [0.3, 0.4) is 0 Å². The summed E-state index contributed by atoms with van der Waals surface area (Å²) in [6.45, 7) is -0.166. The average molecular weight is 442 g/mol. The van der Waals surface area contributed by atoms with Crippen LogP contribution in [0.4, 0.5) is 10.2 Å². The van der Waals surface area contributed by atoms with Gasteiger partial charge in [0.2, 0.25) is 0 Å². The van der Waals surface area contributed by atoms with Crippen molar-refractivity contribution in [2.75, 3.05) is 11.9 Å². The molecule has 3 fully saturated rings. The normalized spacial score (nSPS) is 25.7. The zero-order valence-corrected chi connectivity index (χ0v) is 15.9. The van der Waals surface area contributed by atoms with Crippen LogP contribution < -0.4 is 15.4 Å². The zero-order chi connectivity index (χ0) is 18.4. The van der Waals surface area contributed by atoms with Crippen molar-refractivity contribution in [2.24, 2.45) is 0 Å². The minimum Gasteiger partial charge on any atom is -0.484 e. The molecule has 0 aliphatic heterocycles. The second-order valence-electron chi connectivity index (χ2n) is 6.86. The standard InChI is InChI=1S/C17H15BrClFN4O2/c18-13-4-21-5-14(22-13)23-16-7-17(8-16,9-16)24-15(25)6-26-10-1-2-11(19)12(20)3-10/h1-5H,6-9H2,(H,22,23)(H,24,25). The summed E-state index contributed by atoms with van der Waals surface area (Å²) in [6.07, 6.45) is 5.79. The maximum atomic E-state index is 13.4. The third-order valence-corrected chi connectivity index (χ3v) is 5.38. The smallest absolute Gasteiger partial charge is 0.258 e. The SMILES string of the molecule is O=C(COc1ccc(Cl)c(F)c1)NC12CC(Nc3cncc(Br)n3)(C1)C2. The predicted octanol–water partition coefficient (Wildman–Crippen LogP) is 3.31. The summed E-state index contributed by atoms with van der Waals surface area (Å²) in [5.41, 5.74) is -0.207. The third kappa shape index (κ3) is 3.35. The number of hydrogen-bond donors (Lipinski definition) is 2. The van der Waals surface area contributed by atoms with Gasteiger partial charge in [0.1, 0.15) is 22.0 Å². The van der Waals surface area contributed by atoms with Gasteiger partial charge >= 0.3 is 0 Å². The monoisotopic (exact) mass is 440 g/mol. The van der Waals surface area contributed by atoms with Crippen LogP contribution in [0.15, 0.2) is 35.2 Å². The second kappa shape index (κ2) is 6.35. The Kier molecular flexibility index (Phi) is 4.27. The number of amides is 1. The van der Waals surface area contributed by atoms with E-state index in [1.54, 1.807) is 12.4 Å². The van der Waals surface area contributed by atoms with Crippen molar-refractivity contribution in [2.45, 2.75) is 30.3 Å². The van der Waals surface area contributed by atoms with E-state index in [-0.39, 0.29) is 34.4 Å². The predicted molar refractivity (Wildman–Crippen MR) is 97.7 cm³/mol. The van der Waals surface area contributed by atoms with Crippen molar-refractivity contribution in [3.8, 4) is 5.75 Å². The van der Waals surface area contributed by atoms with Gasteiger partial charge in [0, 0.05) is 17.1 Å². The van der Waals surface area contributed by atoms with E-state index < -0.39 is 5.82 Å². The summed E-state index contributed by atoms with van der Waals surface area (Å²) in [7, 11) is 0. The molecule has 0 spiro atoms. The number of carbonyl (C=O) groups is 1. The zero-order valence-electron chi connectivity index (χ0n) is 13.6. The maximum Gasteiger partial charge on any atom is 0.258 e. The maximum absolute atomic E-state index is 13.4. The summed E-state index contributed by atoms with van der Waals surface area (Å²) in [5, 5.41) is 6.41. The number of hydrogen-bond acceptors (Lipinski definition) is 5. The lowest BCUT2D eigenvalue weighted by Gasteiger charge is -2.70. The van der Waals surface area contributed by atoms with E-state index in [4.69, 9.17) is 16.3 Å². The molecule has 2 N–H and O–H groups in total. The first-order valence-corrected chi connectivity index (χ1v) is 9.19. The number of aromatic nitrogens is 2. The lowest BCUT2D eigenvalue weighted by Crippen LogP contribution is -2.81. The Morgan fingerprint density at radius 2 is 2.08 bits per heavy atom. The molecule has 136 valence electrons. The van der Waals surface area contributed by atoms with E-state index in [0.29, 0.717) is 10.4 Å². The highest BCUT2D eigenvalue weighted by Crippen LogP contribution is 2.61. The molecule has 1 amide bonds. The van der Waals surface area contributed by atoms with Crippen LogP contribution >= 0.6 is 27.5 Å². The van der Waals surface area contributed by atoms with Gasteiger partial charge in [0.15, 0.2) is 6.61 Å². The first kappa shape index (κ1) is 17.5. The number of anilines is 1. The van der Waals surface area contributed by atoms with Crippen LogP contribution in [0.1, 0.15) is 19.3 Å². The highest BCUT2D eigenvalue weighted by Gasteiger charge is 2.68. The molecule has 0 unspecified atom stereocenters. The van der Waals surface area contributed by atoms with Crippen molar-refractivity contribution in [3.63, 3.8) is 0 Å². The number of nitrogens with one attached hydrogen (secondary N) is 2. The molecule has 1 heterocycles. The van der Waals surface area contributed by atoms with Crippen molar-refractivity contribution in [1.82, 2.24) is 15.3 Å². The second-order valence-corrected chi connectivity index (χ2v) is 8.08. The van der Waals surface area contributed by atoms with Gasteiger partial charge in [-0.3, -0.25) is 9.78 Å². The Balaban J connectivity index is 1.25. The van der Waals surface area contributed by atoms with Crippen LogP contribution in [0.5, 0.6) is 5.75 Å². The molecule has 3 aliphatic rings. The van der Waals surface area contributed by atoms with Crippen molar-refractivity contribution in [3.05, 3.63) is 46.0 Å². The highest BCUT2D eigenvalue weighted by molar-refractivity contribution is 9.10. The highest BCUT2D eigenvalue weighted by atomic mass is 79.9. The van der Waals surface area contributed by atoms with Gasteiger partial charge in [-0.2, -0.15) is 0 Å². The van der Waals surface area contributed by atoms with E-state index in [2.05, 4.69) is 36.5 Å². The van der Waals surface area contributed by atoms with Crippen molar-refractivity contribution in [1.29, 1.82) is 0 Å². The van der Waals surface area contributed by atoms with Gasteiger partial charge in [-0.25, -0.2) is 9.37 Å². The average Bonchev–Trinajstić information content (AvgIpc) is 2.53. The molecule has 9 heteroatoms. The molecule has 5 rings (SSSR count). The fraction of sp³-hybridized carbons (Fsp3) is 0.353. The lowest BCUT2D eigenvalue weighted by atomic mass is 9.44. The van der Waals surface area contributed by atoms with Crippen molar-refractivity contribution < 1.29 is 13.9 Å². The number of carbonyl (C=O) groups excluding carboxylic acids is 1. The van der Waals surface area contributed by atoms with Gasteiger partial charge in [0.05, 0.1) is 17.4 Å². The van der Waals surface area contributed by atoms with Crippen LogP contribution in [0, 0.1) is 5.82 Å². The van der Waals surface area contributed by atoms with Crippen LogP contribution in [-0.2, 0) is 4.79 Å². The van der Waals surface area contributed by atoms with E-state index in [9.17, 15) is 9.18 Å². The molecule has 3 aliphatic carbocycles. The molecule has 1 aromatic carbocycles. The fourth-order valence-electron chi connectivity index (χ4n) is 3.77. The van der Waals surface area contributed by atoms with E-state index in [0.717, 1.165) is 25.3 Å². The Hall–Kier alpha value is -1.93. The number of rotatable bonds is 6. The summed E-state index contributed by atoms with van der Waals surface area (Å²) in [5.74, 6) is 0.182. The molecule has 3 saturated carbocycles. The van der Waals surface area contributed by atoms with E-state index >= 15 is 0 Å². The summed E-state index contributed by atoms with van der Waals surface area (Å²) in [6, 6.07) is 4.08. The Bertz CT molecular complexity index is 862. The van der Waals surface area contributed by atoms with E-state index in [1.807, 2.05) is 0 Å². The van der Waals surface area contributed by atoms with E-state index in [1.165, 1.54) is 12.1 Å². The lowest BCUT2D eigenvalue weighted by molar-refractivity contribution is -0.135. The first-order valence-electron chi connectivity index (χ1n) is 8.02. The number of nitrogens with zero attached hydrogens (tertiary/aromatic N) is 2. The summed E-state index contributed by atoms with van der Waals surface area (Å²) >= 11 is 8.91. The topological polar surface area (TPSA) is 76.1 Å². The van der Waals surface area contributed by atoms with Gasteiger partial charge in [-0.15, -0.1) is 0 Å². The molecule has 0 atom stereocenters. The molecule has 26 heavy (non-hydrogen) atoms. The molecular weight excluding hydrogens is 427 g/mol. The fourth-order valence-corrected chi connectivity index (χ4v) is 4.20. The van der Waals surface area contributed by atoms with Gasteiger partial charge < -0.3 is 15.4 Å². The largest absolute Gasteiger partial charge is 0.484 e. The van der Waals surface area contributed by atoms with Gasteiger partial charge in [-0.05, 0) is 47.3 Å². The summed E-state index contributed by atoms with van der Waals surface area (Å²) < 4.78 is 19.4.